The summed E-state index contributed by atoms with van der Waals surface area (Å²) in [5, 5.41) is 8.90. The van der Waals surface area contributed by atoms with Crippen molar-refractivity contribution in [3.63, 3.8) is 0 Å². The number of esters is 2. The van der Waals surface area contributed by atoms with Gasteiger partial charge < -0.3 is 25.2 Å². The van der Waals surface area contributed by atoms with E-state index in [1.165, 1.54) is 19.3 Å². The first-order valence-corrected chi connectivity index (χ1v) is 24.4. The van der Waals surface area contributed by atoms with E-state index in [0.717, 1.165) is 89.9 Å². The van der Waals surface area contributed by atoms with Gasteiger partial charge in [-0.3, -0.25) is 23.4 Å². The molecule has 0 saturated carbocycles. The molecule has 0 aromatic heterocycles. The summed E-state index contributed by atoms with van der Waals surface area (Å²) in [5.41, 5.74) is 5.33. The van der Waals surface area contributed by atoms with Crippen molar-refractivity contribution in [2.45, 2.75) is 167 Å². The van der Waals surface area contributed by atoms with Crippen molar-refractivity contribution >= 4 is 25.7 Å². The van der Waals surface area contributed by atoms with Gasteiger partial charge in [0.05, 0.1) is 13.2 Å². The summed E-state index contributed by atoms with van der Waals surface area (Å²) >= 11 is 0. The van der Waals surface area contributed by atoms with Crippen LogP contribution >= 0.6 is 7.82 Å². The summed E-state index contributed by atoms with van der Waals surface area (Å²) in [5.74, 6) is -2.48. The molecule has 0 heterocycles. The lowest BCUT2D eigenvalue weighted by Gasteiger charge is -2.20. The van der Waals surface area contributed by atoms with E-state index in [1.54, 1.807) is 0 Å². The number of hydrogen-bond acceptors (Lipinski definition) is 9. The molecule has 4 N–H and O–H groups in total. The van der Waals surface area contributed by atoms with Gasteiger partial charge >= 0.3 is 25.7 Å². The van der Waals surface area contributed by atoms with Gasteiger partial charge in [-0.1, -0.05) is 162 Å². The van der Waals surface area contributed by atoms with E-state index in [-0.39, 0.29) is 19.4 Å². The summed E-state index contributed by atoms with van der Waals surface area (Å²) in [4.78, 5) is 46.0. The molecular weight excluding hydrogens is 806 g/mol. The Kier molecular flexibility index (Phi) is 41.0. The molecule has 0 fully saturated rings. The van der Waals surface area contributed by atoms with Crippen molar-refractivity contribution in [1.29, 1.82) is 0 Å². The smallest absolute Gasteiger partial charge is 0.472 e. The highest BCUT2D eigenvalue weighted by Crippen LogP contribution is 2.43. The first-order chi connectivity index (χ1) is 30.1. The highest BCUT2D eigenvalue weighted by atomic mass is 31.2. The van der Waals surface area contributed by atoms with Crippen LogP contribution in [0.3, 0.4) is 0 Å². The van der Waals surface area contributed by atoms with Crippen molar-refractivity contribution in [2.24, 2.45) is 5.73 Å². The number of nitrogens with two attached hydrogens (primary N) is 1. The Bertz CT molecular complexity index is 1460. The quantitative estimate of drug-likeness (QED) is 0.0231. The van der Waals surface area contributed by atoms with Crippen LogP contribution in [0.2, 0.25) is 0 Å². The maximum Gasteiger partial charge on any atom is 0.472 e. The summed E-state index contributed by atoms with van der Waals surface area (Å²) in [7, 11) is -4.74. The van der Waals surface area contributed by atoms with Gasteiger partial charge in [0.25, 0.3) is 0 Å². The summed E-state index contributed by atoms with van der Waals surface area (Å²) in [6, 6.07) is -1.54. The highest BCUT2D eigenvalue weighted by molar-refractivity contribution is 7.47. The van der Waals surface area contributed by atoms with Crippen LogP contribution in [0, 0.1) is 0 Å². The van der Waals surface area contributed by atoms with E-state index < -0.39 is 51.1 Å². The average Bonchev–Trinajstić information content (AvgIpc) is 3.25. The Morgan fingerprint density at radius 1 is 0.500 bits per heavy atom. The number of allylic oxidation sites excluding steroid dienone is 18. The molecule has 0 saturated heterocycles. The first-order valence-electron chi connectivity index (χ1n) is 22.9. The van der Waals surface area contributed by atoms with Gasteiger partial charge in [-0.2, -0.15) is 0 Å². The minimum Gasteiger partial charge on any atom is -0.480 e. The molecular formula is C50H80NO10P. The van der Waals surface area contributed by atoms with Gasteiger partial charge in [-0.05, 0) is 89.9 Å². The van der Waals surface area contributed by atoms with Crippen LogP contribution in [-0.2, 0) is 37.5 Å². The molecule has 0 aromatic rings. The summed E-state index contributed by atoms with van der Waals surface area (Å²) < 4.78 is 32.7. The molecule has 0 aliphatic carbocycles. The molecule has 12 heteroatoms. The topological polar surface area (TPSA) is 172 Å². The maximum absolute atomic E-state index is 12.6. The number of carboxylic acid groups (broad SMARTS) is 1. The van der Waals surface area contributed by atoms with Gasteiger partial charge in [0, 0.05) is 12.8 Å². The van der Waals surface area contributed by atoms with Crippen molar-refractivity contribution < 1.29 is 47.5 Å². The second-order valence-corrected chi connectivity index (χ2v) is 16.2. The maximum atomic E-state index is 12.6. The van der Waals surface area contributed by atoms with E-state index in [1.807, 2.05) is 12.2 Å². The van der Waals surface area contributed by atoms with E-state index in [0.29, 0.717) is 19.3 Å². The van der Waals surface area contributed by atoms with Gasteiger partial charge in [0.2, 0.25) is 0 Å². The van der Waals surface area contributed by atoms with Crippen LogP contribution < -0.4 is 5.73 Å². The minimum atomic E-state index is -4.74. The molecule has 3 atom stereocenters. The second kappa shape index (κ2) is 43.8. The molecule has 3 unspecified atom stereocenters. The minimum absolute atomic E-state index is 0.0742. The fourth-order valence-electron chi connectivity index (χ4n) is 5.50. The molecule has 11 nitrogen and oxygen atoms in total. The first kappa shape index (κ1) is 58.1. The van der Waals surface area contributed by atoms with Crippen LogP contribution in [0.1, 0.15) is 155 Å². The van der Waals surface area contributed by atoms with Crippen LogP contribution in [0.4, 0.5) is 0 Å². The van der Waals surface area contributed by atoms with E-state index in [2.05, 4.69) is 116 Å². The zero-order valence-corrected chi connectivity index (χ0v) is 38.8. The van der Waals surface area contributed by atoms with Gasteiger partial charge in [0.1, 0.15) is 12.6 Å². The normalized spacial score (nSPS) is 14.6. The number of phosphoric ester groups is 1. The Morgan fingerprint density at radius 3 is 1.32 bits per heavy atom. The Labute approximate surface area is 374 Å². The lowest BCUT2D eigenvalue weighted by atomic mass is 10.1. The largest absolute Gasteiger partial charge is 0.480 e. The predicted molar refractivity (Wildman–Crippen MR) is 253 cm³/mol. The van der Waals surface area contributed by atoms with Gasteiger partial charge in [0.15, 0.2) is 6.10 Å². The average molecular weight is 886 g/mol. The molecule has 62 heavy (non-hydrogen) atoms. The molecule has 0 bridgehead atoms. The van der Waals surface area contributed by atoms with Crippen molar-refractivity contribution in [1.82, 2.24) is 0 Å². The second-order valence-electron chi connectivity index (χ2n) is 14.8. The standard InChI is InChI=1S/C50H80NO10P/c1-3-5-7-9-11-13-15-17-19-21-22-23-24-26-27-29-31-33-35-37-39-41-48(52)58-43-46(44-59-62(56,57)60-45-47(51)50(54)55)61-49(53)42-40-38-36-34-32-30-28-25-20-18-16-14-12-10-8-6-4-2/h5-8,11-14,17-20,22-23,28,30,34,36,46-47H,3-4,9-10,15-16,21,24-27,29,31-33,35,37-45,51H2,1-2H3,(H,54,55)(H,56,57)/b7-5-,8-6-,13-11-,14-12-,19-17-,20-18-,23-22-,30-28-,36-34-. The van der Waals surface area contributed by atoms with Crippen LogP contribution in [0.15, 0.2) is 109 Å². The van der Waals surface area contributed by atoms with E-state index in [4.69, 9.17) is 24.8 Å². The van der Waals surface area contributed by atoms with Crippen molar-refractivity contribution in [3.05, 3.63) is 109 Å². The SMILES string of the molecule is CC/C=C\C/C=C\C/C=C\C/C=C\C/C=C\CCCC(=O)OC(COC(=O)CCCCCCCCCC/C=C\C/C=C\C/C=C\C/C=C\CC)COP(=O)(O)OCC(N)C(=O)O. The Hall–Kier alpha value is -3.86. The number of aliphatic carboxylic acids is 1. The molecule has 0 spiro atoms. The van der Waals surface area contributed by atoms with Crippen LogP contribution in [0.25, 0.3) is 0 Å². The van der Waals surface area contributed by atoms with Crippen LogP contribution in [-0.4, -0.2) is 59.9 Å². The molecule has 350 valence electrons. The molecule has 0 amide bonds. The number of carbonyl (C=O) groups is 3. The van der Waals surface area contributed by atoms with Gasteiger partial charge in [-0.25, -0.2) is 4.57 Å². The number of carboxylic acids is 1. The number of carbonyl (C=O) groups excluding carboxylic acids is 2. The molecule has 0 aromatic carbocycles. The van der Waals surface area contributed by atoms with E-state index >= 15 is 0 Å². The summed E-state index contributed by atoms with van der Waals surface area (Å²) in [6.45, 7) is 2.50. The zero-order chi connectivity index (χ0) is 45.6. The highest BCUT2D eigenvalue weighted by Gasteiger charge is 2.28. The number of unbranched alkanes of at least 4 members (excludes halogenated alkanes) is 9. The fraction of sp³-hybridized carbons (Fsp3) is 0.580. The third-order valence-corrected chi connectivity index (χ3v) is 9.97. The lowest BCUT2D eigenvalue weighted by Crippen LogP contribution is -2.34. The molecule has 0 rings (SSSR count). The third kappa shape index (κ3) is 42.8. The van der Waals surface area contributed by atoms with E-state index in [9.17, 15) is 23.8 Å². The van der Waals surface area contributed by atoms with Crippen molar-refractivity contribution in [2.75, 3.05) is 19.8 Å². The molecule has 0 radical (unpaired) electrons. The molecule has 0 aliphatic heterocycles. The Morgan fingerprint density at radius 2 is 0.871 bits per heavy atom. The number of hydrogen-bond donors (Lipinski definition) is 3. The number of phosphoric acid groups is 1. The Balaban J connectivity index is 4.43. The fourth-order valence-corrected chi connectivity index (χ4v) is 6.28. The predicted octanol–water partition coefficient (Wildman–Crippen LogP) is 12.6. The number of ether oxygens (including phenoxy) is 2. The zero-order valence-electron chi connectivity index (χ0n) is 37.9. The van der Waals surface area contributed by atoms with Crippen LogP contribution in [0.5, 0.6) is 0 Å². The third-order valence-electron chi connectivity index (χ3n) is 9.02. The summed E-state index contributed by atoms with van der Waals surface area (Å²) in [6.07, 6.45) is 57.3. The van der Waals surface area contributed by atoms with Gasteiger partial charge in [-0.15, -0.1) is 0 Å². The molecule has 0 aliphatic rings. The monoisotopic (exact) mass is 886 g/mol. The van der Waals surface area contributed by atoms with Crippen molar-refractivity contribution in [3.8, 4) is 0 Å². The lowest BCUT2D eigenvalue weighted by molar-refractivity contribution is -0.161. The number of rotatable bonds is 41.